The fourth-order valence-electron chi connectivity index (χ4n) is 1.85. The van der Waals surface area contributed by atoms with E-state index in [1.54, 1.807) is 0 Å². The Hall–Kier alpha value is -1.60. The molecule has 0 aliphatic rings. The quantitative estimate of drug-likeness (QED) is 0.746. The number of hydrogen-bond donors (Lipinski definition) is 2. The van der Waals surface area contributed by atoms with Gasteiger partial charge in [0.15, 0.2) is 9.84 Å². The summed E-state index contributed by atoms with van der Waals surface area (Å²) in [5.41, 5.74) is 6.09. The number of hydrogen-bond acceptors (Lipinski definition) is 5. The number of amides is 1. The number of nitrogen functional groups attached to an aromatic ring is 1. The van der Waals surface area contributed by atoms with E-state index in [-0.39, 0.29) is 35.2 Å². The summed E-state index contributed by atoms with van der Waals surface area (Å²) in [6.07, 6.45) is 1.81. The van der Waals surface area contributed by atoms with Crippen LogP contribution in [-0.4, -0.2) is 50.3 Å². The number of benzene rings is 1. The Morgan fingerprint density at radius 3 is 2.45 bits per heavy atom. The second-order valence-electron chi connectivity index (χ2n) is 4.58. The lowest BCUT2D eigenvalue weighted by Gasteiger charge is -2.21. The van der Waals surface area contributed by atoms with Crippen LogP contribution in [0.3, 0.4) is 0 Å². The first-order valence-corrected chi connectivity index (χ1v) is 8.19. The molecule has 6 nitrogen and oxygen atoms in total. The molecule has 112 valence electrons. The van der Waals surface area contributed by atoms with Gasteiger partial charge >= 0.3 is 0 Å². The Balaban J connectivity index is 3.18. The molecule has 0 aliphatic carbocycles. The van der Waals surface area contributed by atoms with Gasteiger partial charge in [0, 0.05) is 30.6 Å². The number of aliphatic hydroxyl groups excluding tert-OH is 1. The molecule has 20 heavy (non-hydrogen) atoms. The Bertz CT molecular complexity index is 578. The molecule has 1 aromatic carbocycles. The van der Waals surface area contributed by atoms with Crippen LogP contribution in [-0.2, 0) is 9.84 Å². The van der Waals surface area contributed by atoms with E-state index in [0.29, 0.717) is 6.54 Å². The molecule has 1 aromatic rings. The number of anilines is 1. The number of nitrogens with two attached hydrogens (primary N) is 1. The van der Waals surface area contributed by atoms with E-state index in [0.717, 1.165) is 12.7 Å². The molecule has 0 fully saturated rings. The van der Waals surface area contributed by atoms with Crippen molar-refractivity contribution in [2.75, 3.05) is 31.7 Å². The van der Waals surface area contributed by atoms with E-state index in [2.05, 4.69) is 0 Å². The molecule has 3 N–H and O–H groups in total. The SMILES string of the molecule is CCCN(CCO)C(=O)c1cc(N)cc(S(C)(=O)=O)c1. The van der Waals surface area contributed by atoms with Crippen molar-refractivity contribution in [3.8, 4) is 0 Å². The molecule has 0 atom stereocenters. The molecule has 1 rings (SSSR count). The number of aliphatic hydroxyl groups is 1. The smallest absolute Gasteiger partial charge is 0.254 e. The van der Waals surface area contributed by atoms with Crippen molar-refractivity contribution in [3.05, 3.63) is 23.8 Å². The van der Waals surface area contributed by atoms with Crippen molar-refractivity contribution < 1.29 is 18.3 Å². The van der Waals surface area contributed by atoms with Crippen LogP contribution in [0, 0.1) is 0 Å². The van der Waals surface area contributed by atoms with Crippen LogP contribution >= 0.6 is 0 Å². The Morgan fingerprint density at radius 2 is 1.95 bits per heavy atom. The van der Waals surface area contributed by atoms with Gasteiger partial charge in [0.2, 0.25) is 0 Å². The van der Waals surface area contributed by atoms with Crippen molar-refractivity contribution in [1.29, 1.82) is 0 Å². The highest BCUT2D eigenvalue weighted by atomic mass is 32.2. The fourth-order valence-corrected chi connectivity index (χ4v) is 2.54. The minimum atomic E-state index is -3.43. The summed E-state index contributed by atoms with van der Waals surface area (Å²) in [5, 5.41) is 8.98. The summed E-state index contributed by atoms with van der Waals surface area (Å²) in [6, 6.07) is 4.08. The molecule has 0 unspecified atom stereocenters. The normalized spacial score (nSPS) is 11.3. The zero-order chi connectivity index (χ0) is 15.3. The van der Waals surface area contributed by atoms with E-state index in [4.69, 9.17) is 10.8 Å². The van der Waals surface area contributed by atoms with Crippen LogP contribution in [0.5, 0.6) is 0 Å². The van der Waals surface area contributed by atoms with Crippen LogP contribution in [0.1, 0.15) is 23.7 Å². The van der Waals surface area contributed by atoms with E-state index in [1.165, 1.54) is 23.1 Å². The number of sulfone groups is 1. The molecule has 0 aromatic heterocycles. The second-order valence-corrected chi connectivity index (χ2v) is 6.59. The van der Waals surface area contributed by atoms with E-state index in [1.807, 2.05) is 6.92 Å². The third-order valence-corrected chi connectivity index (χ3v) is 3.85. The zero-order valence-corrected chi connectivity index (χ0v) is 12.5. The summed E-state index contributed by atoms with van der Waals surface area (Å²) >= 11 is 0. The lowest BCUT2D eigenvalue weighted by molar-refractivity contribution is 0.0722. The topological polar surface area (TPSA) is 101 Å². The molecule has 0 saturated carbocycles. The molecule has 0 spiro atoms. The summed E-state index contributed by atoms with van der Waals surface area (Å²) < 4.78 is 23.1. The van der Waals surface area contributed by atoms with Crippen molar-refractivity contribution in [3.63, 3.8) is 0 Å². The summed E-state index contributed by atoms with van der Waals surface area (Å²) in [7, 11) is -3.43. The molecule has 7 heteroatoms. The van der Waals surface area contributed by atoms with Gasteiger partial charge in [-0.25, -0.2) is 8.42 Å². The predicted molar refractivity (Wildman–Crippen MR) is 77.2 cm³/mol. The Labute approximate surface area is 119 Å². The van der Waals surface area contributed by atoms with Crippen LogP contribution < -0.4 is 5.73 Å². The average Bonchev–Trinajstić information content (AvgIpc) is 2.36. The monoisotopic (exact) mass is 300 g/mol. The zero-order valence-electron chi connectivity index (χ0n) is 11.7. The van der Waals surface area contributed by atoms with Gasteiger partial charge in [-0.05, 0) is 24.6 Å². The van der Waals surface area contributed by atoms with Gasteiger partial charge in [-0.15, -0.1) is 0 Å². The van der Waals surface area contributed by atoms with Crippen LogP contribution in [0.2, 0.25) is 0 Å². The van der Waals surface area contributed by atoms with Gasteiger partial charge in [-0.1, -0.05) is 6.92 Å². The number of carbonyl (C=O) groups excluding carboxylic acids is 1. The molecule has 0 saturated heterocycles. The van der Waals surface area contributed by atoms with Gasteiger partial charge in [-0.3, -0.25) is 4.79 Å². The highest BCUT2D eigenvalue weighted by Gasteiger charge is 2.18. The Morgan fingerprint density at radius 1 is 1.30 bits per heavy atom. The van der Waals surface area contributed by atoms with E-state index >= 15 is 0 Å². The summed E-state index contributed by atoms with van der Waals surface area (Å²) in [5.74, 6) is -0.335. The molecule has 0 aliphatic heterocycles. The maximum atomic E-state index is 12.3. The standard InChI is InChI=1S/C13H20N2O4S/c1-3-4-15(5-6-16)13(17)10-7-11(14)9-12(8-10)20(2,18)19/h7-9,16H,3-6,14H2,1-2H3. The summed E-state index contributed by atoms with van der Waals surface area (Å²) in [4.78, 5) is 13.8. The minimum Gasteiger partial charge on any atom is -0.399 e. The van der Waals surface area contributed by atoms with E-state index < -0.39 is 9.84 Å². The number of nitrogens with zero attached hydrogens (tertiary/aromatic N) is 1. The van der Waals surface area contributed by atoms with Crippen LogP contribution in [0.4, 0.5) is 5.69 Å². The lowest BCUT2D eigenvalue weighted by Crippen LogP contribution is -2.34. The van der Waals surface area contributed by atoms with Crippen molar-refractivity contribution in [1.82, 2.24) is 4.90 Å². The number of carbonyl (C=O) groups is 1. The predicted octanol–water partition coefficient (Wildman–Crippen LogP) is 0.517. The first-order valence-electron chi connectivity index (χ1n) is 6.30. The Kier molecular flexibility index (Phi) is 5.52. The molecular weight excluding hydrogens is 280 g/mol. The van der Waals surface area contributed by atoms with Gasteiger partial charge in [0.05, 0.1) is 11.5 Å². The van der Waals surface area contributed by atoms with Gasteiger partial charge in [-0.2, -0.15) is 0 Å². The van der Waals surface area contributed by atoms with Gasteiger partial charge in [0.25, 0.3) is 5.91 Å². The molecular formula is C13H20N2O4S. The second kappa shape index (κ2) is 6.71. The molecule has 0 heterocycles. The van der Waals surface area contributed by atoms with Gasteiger partial charge in [0.1, 0.15) is 0 Å². The van der Waals surface area contributed by atoms with Crippen LogP contribution in [0.15, 0.2) is 23.1 Å². The van der Waals surface area contributed by atoms with Crippen molar-refractivity contribution in [2.24, 2.45) is 0 Å². The van der Waals surface area contributed by atoms with E-state index in [9.17, 15) is 13.2 Å². The molecule has 0 bridgehead atoms. The highest BCUT2D eigenvalue weighted by molar-refractivity contribution is 7.90. The fraction of sp³-hybridized carbons (Fsp3) is 0.462. The highest BCUT2D eigenvalue weighted by Crippen LogP contribution is 2.18. The summed E-state index contributed by atoms with van der Waals surface area (Å²) in [6.45, 7) is 2.46. The van der Waals surface area contributed by atoms with Crippen molar-refractivity contribution >= 4 is 21.4 Å². The van der Waals surface area contributed by atoms with Crippen LogP contribution in [0.25, 0.3) is 0 Å². The largest absolute Gasteiger partial charge is 0.399 e. The third kappa shape index (κ3) is 4.21. The molecule has 1 amide bonds. The first kappa shape index (κ1) is 16.5. The third-order valence-electron chi connectivity index (χ3n) is 2.75. The minimum absolute atomic E-state index is 0.0151. The maximum absolute atomic E-state index is 12.3. The average molecular weight is 300 g/mol. The van der Waals surface area contributed by atoms with Gasteiger partial charge < -0.3 is 15.7 Å². The lowest BCUT2D eigenvalue weighted by atomic mass is 10.1. The van der Waals surface area contributed by atoms with Crippen molar-refractivity contribution in [2.45, 2.75) is 18.2 Å². The first-order chi connectivity index (χ1) is 9.29. The number of rotatable bonds is 6. The molecule has 0 radical (unpaired) electrons. The maximum Gasteiger partial charge on any atom is 0.254 e.